The molecule has 0 bridgehead atoms. The quantitative estimate of drug-likeness (QED) is 0.296. The predicted octanol–water partition coefficient (Wildman–Crippen LogP) is 6.04. The first-order valence-corrected chi connectivity index (χ1v) is 12.3. The van der Waals surface area contributed by atoms with E-state index in [1.807, 2.05) is 34.9 Å². The third kappa shape index (κ3) is 4.50. The Hall–Kier alpha value is -4.33. The summed E-state index contributed by atoms with van der Waals surface area (Å²) in [6.45, 7) is 2.05. The number of hydrogen-bond donors (Lipinski definition) is 0. The lowest BCUT2D eigenvalue weighted by Crippen LogP contribution is -2.30. The Kier molecular flexibility index (Phi) is 6.00. The van der Waals surface area contributed by atoms with Crippen molar-refractivity contribution < 1.29 is 13.3 Å². The molecule has 0 unspecified atom stereocenters. The molecule has 0 saturated carbocycles. The topological polar surface area (TPSA) is 64.2 Å². The van der Waals surface area contributed by atoms with E-state index >= 15 is 4.39 Å². The fourth-order valence-electron chi connectivity index (χ4n) is 4.89. The minimum atomic E-state index is -0.421. The van der Waals surface area contributed by atoms with Crippen molar-refractivity contribution in [2.24, 2.45) is 0 Å². The van der Waals surface area contributed by atoms with Crippen molar-refractivity contribution in [1.29, 1.82) is 0 Å². The third-order valence-electron chi connectivity index (χ3n) is 6.80. The van der Waals surface area contributed by atoms with Gasteiger partial charge in [0.15, 0.2) is 0 Å². The smallest absolute Gasteiger partial charge is 0.258 e. The highest BCUT2D eigenvalue weighted by molar-refractivity contribution is 5.86. The molecule has 2 aromatic heterocycles. The van der Waals surface area contributed by atoms with Crippen molar-refractivity contribution in [3.05, 3.63) is 100 Å². The highest BCUT2D eigenvalue weighted by Gasteiger charge is 2.21. The molecule has 3 aromatic carbocycles. The van der Waals surface area contributed by atoms with Crippen LogP contribution in [0.15, 0.2) is 82.2 Å². The highest BCUT2D eigenvalue weighted by atomic mass is 19.1. The third-order valence-corrected chi connectivity index (χ3v) is 6.80. The van der Waals surface area contributed by atoms with E-state index in [0.29, 0.717) is 23.3 Å². The molecular weight excluding hydrogens is 474 g/mol. The summed E-state index contributed by atoms with van der Waals surface area (Å²) in [4.78, 5) is 20.0. The van der Waals surface area contributed by atoms with E-state index in [0.717, 1.165) is 37.9 Å². The normalized spacial score (nSPS) is 13.8. The van der Waals surface area contributed by atoms with Crippen LogP contribution in [0.5, 0.6) is 0 Å². The van der Waals surface area contributed by atoms with Crippen LogP contribution < -0.4 is 10.3 Å². The number of rotatable bonds is 5. The van der Waals surface area contributed by atoms with E-state index in [1.165, 1.54) is 30.3 Å². The molecule has 0 radical (unpaired) electrons. The van der Waals surface area contributed by atoms with Crippen molar-refractivity contribution in [3.63, 3.8) is 0 Å². The average Bonchev–Trinajstić information content (AvgIpc) is 3.42. The Morgan fingerprint density at radius 1 is 0.919 bits per heavy atom. The first kappa shape index (κ1) is 23.1. The second-order valence-electron chi connectivity index (χ2n) is 9.28. The second-order valence-corrected chi connectivity index (χ2v) is 9.28. The van der Waals surface area contributed by atoms with E-state index in [2.05, 4.69) is 15.0 Å². The van der Waals surface area contributed by atoms with Gasteiger partial charge in [-0.25, -0.2) is 8.78 Å². The predicted molar refractivity (Wildman–Crippen MR) is 138 cm³/mol. The van der Waals surface area contributed by atoms with Gasteiger partial charge in [0.2, 0.25) is 11.3 Å². The number of hydrogen-bond acceptors (Lipinski definition) is 5. The van der Waals surface area contributed by atoms with Crippen LogP contribution in [0.1, 0.15) is 24.8 Å². The summed E-state index contributed by atoms with van der Waals surface area (Å²) in [5.41, 5.74) is 2.53. The molecular formula is C29H24F2N4O2. The van der Waals surface area contributed by atoms with E-state index in [-0.39, 0.29) is 33.9 Å². The number of aromatic nitrogens is 3. The first-order valence-electron chi connectivity index (χ1n) is 12.3. The zero-order chi connectivity index (χ0) is 25.4. The molecule has 1 saturated heterocycles. The maximum atomic E-state index is 15.4. The summed E-state index contributed by atoms with van der Waals surface area (Å²) in [6, 6.07) is 18.6. The van der Waals surface area contributed by atoms with E-state index in [1.54, 1.807) is 12.3 Å². The molecule has 5 aromatic rings. The van der Waals surface area contributed by atoms with Crippen LogP contribution in [0.25, 0.3) is 33.7 Å². The summed E-state index contributed by atoms with van der Waals surface area (Å²) >= 11 is 0. The molecule has 6 nitrogen and oxygen atoms in total. The van der Waals surface area contributed by atoms with Gasteiger partial charge in [0, 0.05) is 36.8 Å². The van der Waals surface area contributed by atoms with Gasteiger partial charge < -0.3 is 14.0 Å². The summed E-state index contributed by atoms with van der Waals surface area (Å²) in [6.07, 6.45) is 4.87. The van der Waals surface area contributed by atoms with Gasteiger partial charge in [-0.05, 0) is 61.2 Å². The minimum Gasteiger partial charge on any atom is -0.369 e. The molecule has 0 spiro atoms. The van der Waals surface area contributed by atoms with Gasteiger partial charge in [-0.15, -0.1) is 0 Å². The molecule has 1 aliphatic heterocycles. The summed E-state index contributed by atoms with van der Waals surface area (Å²) in [5.74, 6) is -0.549. The number of anilines is 1. The number of piperidine rings is 1. The van der Waals surface area contributed by atoms with Crippen LogP contribution in [0, 0.1) is 11.6 Å². The molecule has 6 rings (SSSR count). The molecule has 0 N–H and O–H groups in total. The van der Waals surface area contributed by atoms with Crippen molar-refractivity contribution in [3.8, 4) is 22.8 Å². The molecule has 37 heavy (non-hydrogen) atoms. The Labute approximate surface area is 211 Å². The van der Waals surface area contributed by atoms with Crippen LogP contribution in [0.4, 0.5) is 14.5 Å². The molecule has 0 atom stereocenters. The van der Waals surface area contributed by atoms with Crippen molar-refractivity contribution in [2.45, 2.75) is 25.8 Å². The van der Waals surface area contributed by atoms with Gasteiger partial charge in [0.1, 0.15) is 11.6 Å². The molecule has 186 valence electrons. The second kappa shape index (κ2) is 9.61. The standard InChI is InChI=1S/C29H24F2N4O2/c30-21-11-9-20(10-12-21)29-32-28(33-37-29)23-18-35(17-19-7-3-1-4-8-19)25-16-26(34-13-5-2-6-14-34)24(31)15-22(25)27(23)36/h1,3-4,7-12,15-16,18H,2,5-6,13-14,17H2. The van der Waals surface area contributed by atoms with Crippen LogP contribution in [-0.4, -0.2) is 27.8 Å². The number of halogens is 2. The van der Waals surface area contributed by atoms with Gasteiger partial charge in [-0.3, -0.25) is 4.79 Å². The van der Waals surface area contributed by atoms with Crippen LogP contribution in [0.2, 0.25) is 0 Å². The van der Waals surface area contributed by atoms with Crippen LogP contribution in [-0.2, 0) is 6.54 Å². The Morgan fingerprint density at radius 3 is 2.43 bits per heavy atom. The minimum absolute atomic E-state index is 0.0913. The van der Waals surface area contributed by atoms with Gasteiger partial charge >= 0.3 is 0 Å². The fourth-order valence-corrected chi connectivity index (χ4v) is 4.89. The van der Waals surface area contributed by atoms with Crippen molar-refractivity contribution >= 4 is 16.6 Å². The Balaban J connectivity index is 1.50. The first-order chi connectivity index (χ1) is 18.1. The van der Waals surface area contributed by atoms with Crippen LogP contribution >= 0.6 is 0 Å². The SMILES string of the molecule is O=c1c(-c2noc(-c3ccc(F)cc3)n2)cn(Cc2ccccc2)c2cc(N3CCCCC3)c(F)cc12. The summed E-state index contributed by atoms with van der Waals surface area (Å²) in [5, 5.41) is 4.27. The van der Waals surface area contributed by atoms with E-state index in [9.17, 15) is 9.18 Å². The number of pyridine rings is 1. The fraction of sp³-hybridized carbons (Fsp3) is 0.207. The summed E-state index contributed by atoms with van der Waals surface area (Å²) in [7, 11) is 0. The zero-order valence-electron chi connectivity index (χ0n) is 20.0. The van der Waals surface area contributed by atoms with E-state index in [4.69, 9.17) is 4.52 Å². The summed E-state index contributed by atoms with van der Waals surface area (Å²) < 4.78 is 36.0. The Morgan fingerprint density at radius 2 is 1.68 bits per heavy atom. The lowest BCUT2D eigenvalue weighted by Gasteiger charge is -2.29. The average molecular weight is 499 g/mol. The number of benzene rings is 3. The highest BCUT2D eigenvalue weighted by Crippen LogP contribution is 2.29. The monoisotopic (exact) mass is 498 g/mol. The van der Waals surface area contributed by atoms with Crippen molar-refractivity contribution in [2.75, 3.05) is 18.0 Å². The largest absolute Gasteiger partial charge is 0.369 e. The maximum Gasteiger partial charge on any atom is 0.258 e. The molecule has 3 heterocycles. The van der Waals surface area contributed by atoms with E-state index < -0.39 is 5.82 Å². The lowest BCUT2D eigenvalue weighted by molar-refractivity contribution is 0.432. The van der Waals surface area contributed by atoms with Gasteiger partial charge in [-0.2, -0.15) is 4.98 Å². The van der Waals surface area contributed by atoms with Gasteiger partial charge in [0.05, 0.1) is 16.8 Å². The molecule has 1 fully saturated rings. The number of fused-ring (bicyclic) bond motifs is 1. The molecule has 0 amide bonds. The zero-order valence-corrected chi connectivity index (χ0v) is 20.0. The van der Waals surface area contributed by atoms with Gasteiger partial charge in [-0.1, -0.05) is 35.5 Å². The molecule has 1 aliphatic rings. The van der Waals surface area contributed by atoms with Gasteiger partial charge in [0.25, 0.3) is 5.89 Å². The number of nitrogens with zero attached hydrogens (tertiary/aromatic N) is 4. The maximum absolute atomic E-state index is 15.4. The molecule has 0 aliphatic carbocycles. The Bertz CT molecular complexity index is 1620. The van der Waals surface area contributed by atoms with Crippen LogP contribution in [0.3, 0.4) is 0 Å². The van der Waals surface area contributed by atoms with Crippen molar-refractivity contribution in [1.82, 2.24) is 14.7 Å². The lowest BCUT2D eigenvalue weighted by atomic mass is 10.1. The molecule has 8 heteroatoms.